The minimum atomic E-state index is -0.419. The van der Waals surface area contributed by atoms with E-state index in [0.29, 0.717) is 44.7 Å². The molecule has 29 heavy (non-hydrogen) atoms. The predicted molar refractivity (Wildman–Crippen MR) is 110 cm³/mol. The number of hydrogen-bond donors (Lipinski definition) is 0. The lowest BCUT2D eigenvalue weighted by Crippen LogP contribution is -2.55. The van der Waals surface area contributed by atoms with Crippen LogP contribution in [-0.2, 0) is 11.3 Å². The lowest BCUT2D eigenvalue weighted by molar-refractivity contribution is -0.136. The summed E-state index contributed by atoms with van der Waals surface area (Å²) in [6.07, 6.45) is 1.50. The molecule has 1 saturated heterocycles. The molecule has 2 aromatic carbocycles. The van der Waals surface area contributed by atoms with Crippen molar-refractivity contribution in [1.82, 2.24) is 9.80 Å². The maximum absolute atomic E-state index is 13.3. The Morgan fingerprint density at radius 2 is 1.72 bits per heavy atom. The molecule has 0 saturated carbocycles. The minimum Gasteiger partial charge on any atom is -0.368 e. The van der Waals surface area contributed by atoms with Crippen LogP contribution in [0, 0.1) is 5.82 Å². The van der Waals surface area contributed by atoms with Gasteiger partial charge in [0.05, 0.1) is 0 Å². The molecule has 4 rings (SSSR count). The Labute approximate surface area is 170 Å². The van der Waals surface area contributed by atoms with Gasteiger partial charge in [0, 0.05) is 44.0 Å². The molecular formula is C23H26FN3O2. The van der Waals surface area contributed by atoms with Gasteiger partial charge in [0.15, 0.2) is 0 Å². The van der Waals surface area contributed by atoms with Crippen molar-refractivity contribution < 1.29 is 14.0 Å². The van der Waals surface area contributed by atoms with Crippen molar-refractivity contribution in [2.45, 2.75) is 32.4 Å². The number of anilines is 1. The normalized spacial score (nSPS) is 17.4. The summed E-state index contributed by atoms with van der Waals surface area (Å²) in [5.41, 5.74) is 2.67. The Bertz CT molecular complexity index is 891. The second kappa shape index (κ2) is 8.23. The number of benzene rings is 2. The number of hydrogen-bond acceptors (Lipinski definition) is 3. The molecule has 0 aliphatic carbocycles. The Morgan fingerprint density at radius 3 is 2.38 bits per heavy atom. The largest absolute Gasteiger partial charge is 0.368 e. The highest BCUT2D eigenvalue weighted by Gasteiger charge is 2.38. The molecule has 2 aliphatic rings. The summed E-state index contributed by atoms with van der Waals surface area (Å²) in [5, 5.41) is 0. The molecule has 2 aromatic rings. The zero-order chi connectivity index (χ0) is 20.4. The summed E-state index contributed by atoms with van der Waals surface area (Å²) in [5.74, 6) is -0.259. The SMILES string of the molecule is CCCC(C(=O)N1CCN(c2ccc(F)cc2)CC1)N1Cc2ccccc2C1=O. The molecule has 0 N–H and O–H groups in total. The third-order valence-electron chi connectivity index (χ3n) is 5.86. The molecule has 1 fully saturated rings. The average molecular weight is 395 g/mol. The summed E-state index contributed by atoms with van der Waals surface area (Å²) in [6, 6.07) is 13.6. The monoisotopic (exact) mass is 395 g/mol. The highest BCUT2D eigenvalue weighted by molar-refractivity contribution is 6.01. The molecule has 2 amide bonds. The van der Waals surface area contributed by atoms with Gasteiger partial charge in [-0.15, -0.1) is 0 Å². The van der Waals surface area contributed by atoms with Crippen LogP contribution in [-0.4, -0.2) is 53.8 Å². The number of nitrogens with zero attached hydrogens (tertiary/aromatic N) is 3. The summed E-state index contributed by atoms with van der Waals surface area (Å²) >= 11 is 0. The van der Waals surface area contributed by atoms with Gasteiger partial charge in [0.2, 0.25) is 5.91 Å². The van der Waals surface area contributed by atoms with Crippen molar-refractivity contribution in [3.8, 4) is 0 Å². The van der Waals surface area contributed by atoms with Crippen LogP contribution >= 0.6 is 0 Å². The standard InChI is InChI=1S/C23H26FN3O2/c1-2-5-21(27-16-17-6-3-4-7-20(17)22(27)28)23(29)26-14-12-25(13-15-26)19-10-8-18(24)9-11-19/h3-4,6-11,21H,2,5,12-16H2,1H3. The number of halogens is 1. The van der Waals surface area contributed by atoms with Crippen molar-refractivity contribution in [2.24, 2.45) is 0 Å². The topological polar surface area (TPSA) is 43.9 Å². The predicted octanol–water partition coefficient (Wildman–Crippen LogP) is 3.30. The smallest absolute Gasteiger partial charge is 0.255 e. The van der Waals surface area contributed by atoms with Gasteiger partial charge in [-0.3, -0.25) is 9.59 Å². The summed E-state index contributed by atoms with van der Waals surface area (Å²) in [7, 11) is 0. The van der Waals surface area contributed by atoms with Gasteiger partial charge in [-0.05, 0) is 42.3 Å². The Kier molecular flexibility index (Phi) is 5.51. The molecule has 1 unspecified atom stereocenters. The molecule has 0 aromatic heterocycles. The third-order valence-corrected chi connectivity index (χ3v) is 5.86. The van der Waals surface area contributed by atoms with E-state index in [-0.39, 0.29) is 17.6 Å². The molecule has 0 spiro atoms. The van der Waals surface area contributed by atoms with E-state index >= 15 is 0 Å². The maximum atomic E-state index is 13.3. The van der Waals surface area contributed by atoms with Crippen LogP contribution in [0.1, 0.15) is 35.7 Å². The second-order valence-corrected chi connectivity index (χ2v) is 7.68. The average Bonchev–Trinajstić information content (AvgIpc) is 3.09. The van der Waals surface area contributed by atoms with Gasteiger partial charge in [-0.25, -0.2) is 4.39 Å². The fraction of sp³-hybridized carbons (Fsp3) is 0.391. The van der Waals surface area contributed by atoms with Crippen molar-refractivity contribution in [3.63, 3.8) is 0 Å². The lowest BCUT2D eigenvalue weighted by Gasteiger charge is -2.39. The van der Waals surface area contributed by atoms with Gasteiger partial charge in [0.1, 0.15) is 11.9 Å². The molecule has 2 aliphatic heterocycles. The van der Waals surface area contributed by atoms with Crippen molar-refractivity contribution in [3.05, 3.63) is 65.5 Å². The fourth-order valence-corrected chi connectivity index (χ4v) is 4.26. The maximum Gasteiger partial charge on any atom is 0.255 e. The third kappa shape index (κ3) is 3.84. The Balaban J connectivity index is 1.43. The fourth-order valence-electron chi connectivity index (χ4n) is 4.26. The molecule has 6 heteroatoms. The van der Waals surface area contributed by atoms with Gasteiger partial charge >= 0.3 is 0 Å². The van der Waals surface area contributed by atoms with Gasteiger partial charge in [-0.1, -0.05) is 31.5 Å². The summed E-state index contributed by atoms with van der Waals surface area (Å²) in [4.78, 5) is 32.0. The van der Waals surface area contributed by atoms with E-state index in [4.69, 9.17) is 0 Å². The molecule has 1 atom stereocenters. The van der Waals surface area contributed by atoms with E-state index in [1.165, 1.54) is 12.1 Å². The number of amides is 2. The van der Waals surface area contributed by atoms with E-state index in [9.17, 15) is 14.0 Å². The molecular weight excluding hydrogens is 369 g/mol. The van der Waals surface area contributed by atoms with Crippen LogP contribution in [0.3, 0.4) is 0 Å². The first-order valence-electron chi connectivity index (χ1n) is 10.3. The summed E-state index contributed by atoms with van der Waals surface area (Å²) in [6.45, 7) is 5.15. The first-order valence-corrected chi connectivity index (χ1v) is 10.3. The van der Waals surface area contributed by atoms with E-state index < -0.39 is 6.04 Å². The van der Waals surface area contributed by atoms with Crippen molar-refractivity contribution >= 4 is 17.5 Å². The number of fused-ring (bicyclic) bond motifs is 1. The Hall–Kier alpha value is -2.89. The van der Waals surface area contributed by atoms with Crippen LogP contribution in [0.5, 0.6) is 0 Å². The van der Waals surface area contributed by atoms with Gasteiger partial charge < -0.3 is 14.7 Å². The van der Waals surface area contributed by atoms with Crippen LogP contribution in [0.4, 0.5) is 10.1 Å². The van der Waals surface area contributed by atoms with Crippen LogP contribution < -0.4 is 4.90 Å². The zero-order valence-corrected chi connectivity index (χ0v) is 16.7. The van der Waals surface area contributed by atoms with E-state index in [2.05, 4.69) is 4.90 Å². The number of rotatable bonds is 5. The molecule has 5 nitrogen and oxygen atoms in total. The van der Waals surface area contributed by atoms with Crippen molar-refractivity contribution in [1.29, 1.82) is 0 Å². The molecule has 2 heterocycles. The second-order valence-electron chi connectivity index (χ2n) is 7.68. The quantitative estimate of drug-likeness (QED) is 0.780. The van der Waals surface area contributed by atoms with E-state index in [0.717, 1.165) is 17.7 Å². The van der Waals surface area contributed by atoms with E-state index in [1.807, 2.05) is 36.1 Å². The number of carbonyl (C=O) groups is 2. The minimum absolute atomic E-state index is 0.0340. The molecule has 152 valence electrons. The van der Waals surface area contributed by atoms with Gasteiger partial charge in [0.25, 0.3) is 5.91 Å². The van der Waals surface area contributed by atoms with Gasteiger partial charge in [-0.2, -0.15) is 0 Å². The highest BCUT2D eigenvalue weighted by atomic mass is 19.1. The Morgan fingerprint density at radius 1 is 1.03 bits per heavy atom. The van der Waals surface area contributed by atoms with Crippen LogP contribution in [0.15, 0.2) is 48.5 Å². The first kappa shape index (κ1) is 19.4. The lowest BCUT2D eigenvalue weighted by atomic mass is 10.1. The summed E-state index contributed by atoms with van der Waals surface area (Å²) < 4.78 is 13.2. The van der Waals surface area contributed by atoms with Crippen molar-refractivity contribution in [2.75, 3.05) is 31.1 Å². The van der Waals surface area contributed by atoms with Crippen LogP contribution in [0.2, 0.25) is 0 Å². The number of carbonyl (C=O) groups excluding carboxylic acids is 2. The zero-order valence-electron chi connectivity index (χ0n) is 16.7. The first-order chi connectivity index (χ1) is 14.1. The van der Waals surface area contributed by atoms with E-state index in [1.54, 1.807) is 17.0 Å². The molecule has 0 radical (unpaired) electrons. The van der Waals surface area contributed by atoms with Crippen LogP contribution in [0.25, 0.3) is 0 Å². The highest BCUT2D eigenvalue weighted by Crippen LogP contribution is 2.27. The number of piperazine rings is 1. The molecule has 0 bridgehead atoms.